The van der Waals surface area contributed by atoms with Crippen LogP contribution in [0, 0.1) is 0 Å². The summed E-state index contributed by atoms with van der Waals surface area (Å²) in [4.78, 5) is 26.1. The smallest absolute Gasteiger partial charge is 0.246 e. The molecule has 2 rings (SSSR count). The lowest BCUT2D eigenvalue weighted by atomic mass is 9.98. The van der Waals surface area contributed by atoms with Gasteiger partial charge in [0, 0.05) is 40.4 Å². The Morgan fingerprint density at radius 2 is 1.80 bits per heavy atom. The Morgan fingerprint density at radius 3 is 2.48 bits per heavy atom. The minimum absolute atomic E-state index is 0.00640. The Bertz CT molecular complexity index is 567. The highest BCUT2D eigenvalue weighted by Gasteiger charge is 2.39. The van der Waals surface area contributed by atoms with Crippen molar-refractivity contribution in [1.82, 2.24) is 15.5 Å². The first-order valence-electron chi connectivity index (χ1n) is 8.39. The molecule has 7 heteroatoms. The zero-order chi connectivity index (χ0) is 18.1. The van der Waals surface area contributed by atoms with Gasteiger partial charge < -0.3 is 20.1 Å². The van der Waals surface area contributed by atoms with Crippen LogP contribution in [0.5, 0.6) is 0 Å². The number of benzene rings is 1. The average molecular weight is 349 g/mol. The normalized spacial score (nSPS) is 20.4. The first kappa shape index (κ1) is 19.4. The molecule has 1 fully saturated rings. The van der Waals surface area contributed by atoms with Gasteiger partial charge in [-0.25, -0.2) is 0 Å². The summed E-state index contributed by atoms with van der Waals surface area (Å²) in [7, 11) is 2.97. The van der Waals surface area contributed by atoms with Crippen molar-refractivity contribution in [2.75, 3.05) is 47.1 Å². The first-order valence-corrected chi connectivity index (χ1v) is 8.39. The van der Waals surface area contributed by atoms with Crippen LogP contribution in [-0.2, 0) is 25.6 Å². The first-order chi connectivity index (χ1) is 12.1. The number of hydrogen-bond acceptors (Lipinski definition) is 5. The van der Waals surface area contributed by atoms with Gasteiger partial charge >= 0.3 is 0 Å². The molecule has 1 aromatic rings. The van der Waals surface area contributed by atoms with Gasteiger partial charge in [-0.05, 0) is 12.0 Å². The van der Waals surface area contributed by atoms with Crippen LogP contribution in [0.2, 0.25) is 0 Å². The van der Waals surface area contributed by atoms with Crippen LogP contribution in [0.4, 0.5) is 0 Å². The van der Waals surface area contributed by atoms with Crippen LogP contribution in [0.3, 0.4) is 0 Å². The zero-order valence-corrected chi connectivity index (χ0v) is 14.9. The van der Waals surface area contributed by atoms with E-state index in [-0.39, 0.29) is 25.0 Å². The van der Waals surface area contributed by atoms with Crippen molar-refractivity contribution in [3.05, 3.63) is 35.9 Å². The van der Waals surface area contributed by atoms with Crippen molar-refractivity contribution in [2.24, 2.45) is 0 Å². The van der Waals surface area contributed by atoms with Gasteiger partial charge in [0.25, 0.3) is 0 Å². The number of ether oxygens (including phenoxy) is 2. The number of likely N-dealkylation sites (tertiary alicyclic amines) is 1. The third kappa shape index (κ3) is 6.12. The van der Waals surface area contributed by atoms with E-state index in [0.717, 1.165) is 19.5 Å². The molecular weight excluding hydrogens is 322 g/mol. The van der Waals surface area contributed by atoms with Crippen LogP contribution in [-0.4, -0.2) is 69.3 Å². The van der Waals surface area contributed by atoms with Gasteiger partial charge in [0.2, 0.25) is 11.8 Å². The van der Waals surface area contributed by atoms with Gasteiger partial charge in [0.15, 0.2) is 0 Å². The summed E-state index contributed by atoms with van der Waals surface area (Å²) >= 11 is 0. The summed E-state index contributed by atoms with van der Waals surface area (Å²) in [6, 6.07) is 10.2. The molecule has 1 heterocycles. The minimum atomic E-state index is -0.492. The predicted octanol–water partition coefficient (Wildman–Crippen LogP) is 0.156. The zero-order valence-electron chi connectivity index (χ0n) is 14.9. The third-order valence-corrected chi connectivity index (χ3v) is 4.26. The van der Waals surface area contributed by atoms with Crippen molar-refractivity contribution in [3.8, 4) is 0 Å². The second kappa shape index (κ2) is 9.50. The van der Waals surface area contributed by atoms with E-state index < -0.39 is 5.54 Å². The van der Waals surface area contributed by atoms with E-state index in [1.54, 1.807) is 0 Å². The Hall–Kier alpha value is -1.96. The predicted molar refractivity (Wildman–Crippen MR) is 94.0 cm³/mol. The van der Waals surface area contributed by atoms with E-state index >= 15 is 0 Å². The highest BCUT2D eigenvalue weighted by molar-refractivity contribution is 5.79. The van der Waals surface area contributed by atoms with E-state index in [1.807, 2.05) is 18.2 Å². The number of rotatable bonds is 9. The largest absolute Gasteiger partial charge is 0.375 e. The average Bonchev–Trinajstić information content (AvgIpc) is 2.97. The number of hydrogen-bond donors (Lipinski definition) is 2. The minimum Gasteiger partial charge on any atom is -0.375 e. The topological polar surface area (TPSA) is 79.9 Å². The van der Waals surface area contributed by atoms with Crippen LogP contribution in [0.1, 0.15) is 12.0 Å². The van der Waals surface area contributed by atoms with E-state index in [1.165, 1.54) is 19.8 Å². The summed E-state index contributed by atoms with van der Waals surface area (Å²) in [5.41, 5.74) is 0.735. The second-order valence-corrected chi connectivity index (χ2v) is 6.42. The molecule has 0 unspecified atom stereocenters. The fourth-order valence-electron chi connectivity index (χ4n) is 3.14. The number of nitrogens with one attached hydrogen (secondary N) is 2. The molecule has 1 aliphatic heterocycles. The molecule has 7 nitrogen and oxygen atoms in total. The molecule has 0 bridgehead atoms. The monoisotopic (exact) mass is 349 g/mol. The molecular formula is C18H27N3O4. The number of carbonyl (C=O) groups excluding carboxylic acids is 2. The van der Waals surface area contributed by atoms with Gasteiger partial charge in [-0.2, -0.15) is 0 Å². The van der Waals surface area contributed by atoms with Gasteiger partial charge in [0.05, 0.1) is 5.54 Å². The lowest BCUT2D eigenvalue weighted by molar-refractivity contribution is -0.128. The summed E-state index contributed by atoms with van der Waals surface area (Å²) in [5.74, 6) is -0.366. The molecule has 1 aliphatic rings. The Morgan fingerprint density at radius 1 is 1.12 bits per heavy atom. The third-order valence-electron chi connectivity index (χ3n) is 4.26. The molecule has 1 saturated heterocycles. The number of amides is 2. The summed E-state index contributed by atoms with van der Waals surface area (Å²) < 4.78 is 9.75. The molecule has 0 aromatic heterocycles. The lowest BCUT2D eigenvalue weighted by Gasteiger charge is -2.31. The molecule has 138 valence electrons. The standard InChI is InChI=1S/C18H27N3O4/c1-24-11-16(22)19-13-18(20-17(23)12-25-2)8-9-21(14-18)10-15-6-4-3-5-7-15/h3-7H,8-14H2,1-2H3,(H,19,22)(H,20,23)/t18-/m0/s1. The van der Waals surface area contributed by atoms with Crippen molar-refractivity contribution < 1.29 is 19.1 Å². The van der Waals surface area contributed by atoms with Crippen molar-refractivity contribution in [1.29, 1.82) is 0 Å². The summed E-state index contributed by atoms with van der Waals surface area (Å²) in [6.07, 6.45) is 0.766. The Kier molecular flexibility index (Phi) is 7.36. The SMILES string of the molecule is COCC(=O)NC[C@@]1(NC(=O)COC)CCN(Cc2ccccc2)C1. The fraction of sp³-hybridized carbons (Fsp3) is 0.556. The molecule has 2 N–H and O–H groups in total. The molecule has 0 aliphatic carbocycles. The molecule has 0 spiro atoms. The highest BCUT2D eigenvalue weighted by atomic mass is 16.5. The van der Waals surface area contributed by atoms with Gasteiger partial charge in [0.1, 0.15) is 13.2 Å². The molecule has 0 saturated carbocycles. The molecule has 1 atom stereocenters. The van der Waals surface area contributed by atoms with Crippen LogP contribution in [0.15, 0.2) is 30.3 Å². The quantitative estimate of drug-likeness (QED) is 0.664. The van der Waals surface area contributed by atoms with Crippen molar-refractivity contribution >= 4 is 11.8 Å². The summed E-state index contributed by atoms with van der Waals surface area (Å²) in [6.45, 7) is 2.72. The van der Waals surface area contributed by atoms with E-state index in [9.17, 15) is 9.59 Å². The van der Waals surface area contributed by atoms with Gasteiger partial charge in [-0.3, -0.25) is 14.5 Å². The molecule has 2 amide bonds. The van der Waals surface area contributed by atoms with E-state index in [4.69, 9.17) is 9.47 Å². The van der Waals surface area contributed by atoms with Crippen LogP contribution < -0.4 is 10.6 Å². The highest BCUT2D eigenvalue weighted by Crippen LogP contribution is 2.23. The van der Waals surface area contributed by atoms with Crippen LogP contribution >= 0.6 is 0 Å². The maximum absolute atomic E-state index is 12.0. The molecule has 25 heavy (non-hydrogen) atoms. The van der Waals surface area contributed by atoms with Crippen LogP contribution in [0.25, 0.3) is 0 Å². The summed E-state index contributed by atoms with van der Waals surface area (Å²) in [5, 5.41) is 5.90. The molecule has 0 radical (unpaired) electrons. The van der Waals surface area contributed by atoms with Gasteiger partial charge in [-0.1, -0.05) is 30.3 Å². The van der Waals surface area contributed by atoms with Crippen molar-refractivity contribution in [3.63, 3.8) is 0 Å². The Labute approximate surface area is 148 Å². The van der Waals surface area contributed by atoms with E-state index in [2.05, 4.69) is 27.7 Å². The fourth-order valence-corrected chi connectivity index (χ4v) is 3.14. The number of nitrogens with zero attached hydrogens (tertiary/aromatic N) is 1. The van der Waals surface area contributed by atoms with E-state index in [0.29, 0.717) is 13.1 Å². The van der Waals surface area contributed by atoms with Crippen molar-refractivity contribution in [2.45, 2.75) is 18.5 Å². The second-order valence-electron chi connectivity index (χ2n) is 6.42. The number of methoxy groups -OCH3 is 2. The number of carbonyl (C=O) groups is 2. The molecule has 1 aromatic carbocycles. The van der Waals surface area contributed by atoms with Gasteiger partial charge in [-0.15, -0.1) is 0 Å². The maximum Gasteiger partial charge on any atom is 0.246 e. The Balaban J connectivity index is 1.99. The maximum atomic E-state index is 12.0. The lowest BCUT2D eigenvalue weighted by Crippen LogP contribution is -2.58.